The van der Waals surface area contributed by atoms with Gasteiger partial charge in [0, 0.05) is 27.4 Å². The van der Waals surface area contributed by atoms with Gasteiger partial charge in [-0.2, -0.15) is 0 Å². The van der Waals surface area contributed by atoms with E-state index in [1.54, 1.807) is 12.1 Å². The number of nitrogen functional groups attached to an aromatic ring is 1. The standard InChI is InChI=1S/C10H8N2O2S2/c11-5-2-1-4-7(16-14)3-6(15)9(12)8(4)10(5)13/h1-3,11,14-15H,12H2. The quantitative estimate of drug-likeness (QED) is 0.351. The number of carbonyl (C=O) groups is 1. The Bertz CT molecular complexity index is 538. The lowest BCUT2D eigenvalue weighted by molar-refractivity contribution is 0.106. The molecule has 82 valence electrons. The summed E-state index contributed by atoms with van der Waals surface area (Å²) in [6.07, 6.45) is 2.99. The predicted octanol–water partition coefficient (Wildman–Crippen LogP) is 2.35. The normalized spacial score (nSPS) is 14.1. The molecule has 0 bridgehead atoms. The Morgan fingerprint density at radius 3 is 2.75 bits per heavy atom. The van der Waals surface area contributed by atoms with Crippen molar-refractivity contribution in [3.05, 3.63) is 23.3 Å². The minimum Gasteiger partial charge on any atom is -0.397 e. The maximum absolute atomic E-state index is 11.8. The Morgan fingerprint density at radius 1 is 1.44 bits per heavy atom. The van der Waals surface area contributed by atoms with Gasteiger partial charge in [-0.3, -0.25) is 10.2 Å². The van der Waals surface area contributed by atoms with Gasteiger partial charge in [0.25, 0.3) is 0 Å². The van der Waals surface area contributed by atoms with Crippen LogP contribution in [0.3, 0.4) is 0 Å². The average Bonchev–Trinajstić information content (AvgIpc) is 2.27. The van der Waals surface area contributed by atoms with Crippen LogP contribution < -0.4 is 5.73 Å². The Labute approximate surface area is 102 Å². The van der Waals surface area contributed by atoms with Crippen molar-refractivity contribution in [2.24, 2.45) is 0 Å². The highest BCUT2D eigenvalue weighted by Gasteiger charge is 2.24. The number of benzene rings is 1. The molecular formula is C10H8N2O2S2. The zero-order valence-corrected chi connectivity index (χ0v) is 9.73. The third-order valence-corrected chi connectivity index (χ3v) is 3.24. The molecule has 0 aliphatic heterocycles. The third-order valence-electron chi connectivity index (χ3n) is 2.33. The summed E-state index contributed by atoms with van der Waals surface area (Å²) in [4.78, 5) is 12.7. The molecule has 0 spiro atoms. The van der Waals surface area contributed by atoms with Gasteiger partial charge in [-0.25, -0.2) is 0 Å². The lowest BCUT2D eigenvalue weighted by Gasteiger charge is -2.16. The Morgan fingerprint density at radius 2 is 2.12 bits per heavy atom. The fourth-order valence-electron chi connectivity index (χ4n) is 1.54. The van der Waals surface area contributed by atoms with Crippen LogP contribution in [-0.2, 0) is 0 Å². The highest BCUT2D eigenvalue weighted by Crippen LogP contribution is 2.35. The molecule has 0 heterocycles. The fourth-order valence-corrected chi connectivity index (χ4v) is 2.31. The van der Waals surface area contributed by atoms with E-state index in [0.717, 1.165) is 0 Å². The molecule has 6 heteroatoms. The maximum atomic E-state index is 11.8. The van der Waals surface area contributed by atoms with E-state index in [1.165, 1.54) is 6.08 Å². The molecule has 16 heavy (non-hydrogen) atoms. The number of ketones is 1. The molecule has 0 radical (unpaired) electrons. The predicted molar refractivity (Wildman–Crippen MR) is 67.7 cm³/mol. The molecule has 1 aromatic carbocycles. The first kappa shape index (κ1) is 11.3. The van der Waals surface area contributed by atoms with Gasteiger partial charge in [0.1, 0.15) is 5.71 Å². The van der Waals surface area contributed by atoms with Gasteiger partial charge < -0.3 is 10.3 Å². The van der Waals surface area contributed by atoms with Gasteiger partial charge in [-0.05, 0) is 12.1 Å². The topological polar surface area (TPSA) is 87.2 Å². The first-order valence-electron chi connectivity index (χ1n) is 4.34. The minimum absolute atomic E-state index is 0.118. The molecule has 0 aromatic heterocycles. The molecule has 0 saturated heterocycles. The van der Waals surface area contributed by atoms with E-state index in [-0.39, 0.29) is 17.0 Å². The number of allylic oxidation sites excluding steroid dienone is 1. The molecule has 1 aromatic rings. The van der Waals surface area contributed by atoms with Crippen LogP contribution in [0.2, 0.25) is 0 Å². The lowest BCUT2D eigenvalue weighted by atomic mass is 9.93. The Hall–Kier alpha value is -1.24. The Kier molecular flexibility index (Phi) is 2.79. The second-order valence-corrected chi connectivity index (χ2v) is 4.37. The molecule has 1 aliphatic carbocycles. The SMILES string of the molecule is N=C1C=Cc2c(SO)cc(S)c(N)c2C1=O. The summed E-state index contributed by atoms with van der Waals surface area (Å²) in [5.74, 6) is -0.443. The molecule has 0 fully saturated rings. The van der Waals surface area contributed by atoms with E-state index < -0.39 is 5.78 Å². The van der Waals surface area contributed by atoms with Crippen LogP contribution >= 0.6 is 24.7 Å². The number of rotatable bonds is 1. The zero-order chi connectivity index (χ0) is 11.9. The van der Waals surface area contributed by atoms with Gasteiger partial charge in [0.2, 0.25) is 5.78 Å². The molecule has 4 nitrogen and oxygen atoms in total. The number of hydrogen-bond acceptors (Lipinski definition) is 6. The summed E-state index contributed by atoms with van der Waals surface area (Å²) >= 11 is 4.66. The van der Waals surface area contributed by atoms with Crippen molar-refractivity contribution in [2.75, 3.05) is 5.73 Å². The van der Waals surface area contributed by atoms with Crippen molar-refractivity contribution in [3.63, 3.8) is 0 Å². The van der Waals surface area contributed by atoms with Crippen molar-refractivity contribution in [3.8, 4) is 0 Å². The molecule has 0 unspecified atom stereocenters. The molecule has 0 amide bonds. The number of Topliss-reactive ketones (excluding diaryl/α,β-unsaturated/α-hetero) is 1. The molecule has 2 rings (SSSR count). The second-order valence-electron chi connectivity index (χ2n) is 3.26. The number of nitrogens with one attached hydrogen (secondary N) is 1. The monoisotopic (exact) mass is 252 g/mol. The Balaban J connectivity index is 2.81. The van der Waals surface area contributed by atoms with Gasteiger partial charge in [0.05, 0.1) is 11.3 Å². The van der Waals surface area contributed by atoms with E-state index in [2.05, 4.69) is 12.6 Å². The smallest absolute Gasteiger partial charge is 0.213 e. The van der Waals surface area contributed by atoms with Crippen molar-refractivity contribution < 1.29 is 9.35 Å². The summed E-state index contributed by atoms with van der Waals surface area (Å²) in [6.45, 7) is 0. The number of nitrogens with two attached hydrogens (primary N) is 1. The maximum Gasteiger partial charge on any atom is 0.213 e. The van der Waals surface area contributed by atoms with E-state index in [0.29, 0.717) is 27.4 Å². The van der Waals surface area contributed by atoms with Gasteiger partial charge in [-0.15, -0.1) is 12.6 Å². The number of carbonyl (C=O) groups excluding carboxylic acids is 1. The second kappa shape index (κ2) is 3.97. The van der Waals surface area contributed by atoms with Gasteiger partial charge in [0.15, 0.2) is 0 Å². The van der Waals surface area contributed by atoms with Crippen molar-refractivity contribution in [1.29, 1.82) is 5.41 Å². The van der Waals surface area contributed by atoms with Crippen LogP contribution in [0.1, 0.15) is 15.9 Å². The van der Waals surface area contributed by atoms with Gasteiger partial charge in [-0.1, -0.05) is 6.08 Å². The summed E-state index contributed by atoms with van der Waals surface area (Å²) in [5.41, 5.74) is 6.68. The first-order valence-corrected chi connectivity index (χ1v) is 5.56. The van der Waals surface area contributed by atoms with E-state index >= 15 is 0 Å². The van der Waals surface area contributed by atoms with Crippen molar-refractivity contribution >= 4 is 47.9 Å². The largest absolute Gasteiger partial charge is 0.397 e. The molecule has 0 saturated carbocycles. The fraction of sp³-hybridized carbons (Fsp3) is 0. The van der Waals surface area contributed by atoms with Gasteiger partial charge >= 0.3 is 0 Å². The molecule has 4 N–H and O–H groups in total. The summed E-state index contributed by atoms with van der Waals surface area (Å²) in [5, 5.41) is 7.43. The molecule has 1 aliphatic rings. The zero-order valence-electron chi connectivity index (χ0n) is 8.02. The summed E-state index contributed by atoms with van der Waals surface area (Å²) < 4.78 is 9.10. The summed E-state index contributed by atoms with van der Waals surface area (Å²) in [7, 11) is 0. The third kappa shape index (κ3) is 1.55. The van der Waals surface area contributed by atoms with E-state index in [1.807, 2.05) is 0 Å². The highest BCUT2D eigenvalue weighted by molar-refractivity contribution is 7.93. The van der Waals surface area contributed by atoms with Crippen molar-refractivity contribution in [2.45, 2.75) is 9.79 Å². The van der Waals surface area contributed by atoms with Crippen LogP contribution in [-0.4, -0.2) is 16.0 Å². The molecular weight excluding hydrogens is 244 g/mol. The van der Waals surface area contributed by atoms with Crippen LogP contribution in [0.5, 0.6) is 0 Å². The van der Waals surface area contributed by atoms with Crippen molar-refractivity contribution in [1.82, 2.24) is 0 Å². The number of hydrogen-bond donors (Lipinski definition) is 4. The van der Waals surface area contributed by atoms with Crippen LogP contribution in [0.25, 0.3) is 6.08 Å². The van der Waals surface area contributed by atoms with E-state index in [4.69, 9.17) is 15.7 Å². The van der Waals surface area contributed by atoms with Crippen LogP contribution in [0.4, 0.5) is 5.69 Å². The average molecular weight is 252 g/mol. The summed E-state index contributed by atoms with van der Waals surface area (Å²) in [6, 6.07) is 1.59. The number of thiol groups is 1. The van der Waals surface area contributed by atoms with Crippen LogP contribution in [0.15, 0.2) is 21.9 Å². The lowest BCUT2D eigenvalue weighted by Crippen LogP contribution is -2.18. The van der Waals surface area contributed by atoms with E-state index in [9.17, 15) is 4.79 Å². The molecule has 0 atom stereocenters. The number of fused-ring (bicyclic) bond motifs is 1. The minimum atomic E-state index is -0.443. The van der Waals surface area contributed by atoms with Crippen LogP contribution in [0, 0.1) is 5.41 Å². The number of anilines is 1. The highest BCUT2D eigenvalue weighted by atomic mass is 32.2. The first-order chi connectivity index (χ1) is 7.56.